The largest absolute Gasteiger partial charge is 0.383 e. The highest BCUT2D eigenvalue weighted by atomic mass is 16.5. The van der Waals surface area contributed by atoms with Gasteiger partial charge in [0, 0.05) is 30.3 Å². The van der Waals surface area contributed by atoms with E-state index in [0.29, 0.717) is 13.2 Å². The van der Waals surface area contributed by atoms with E-state index >= 15 is 0 Å². The van der Waals surface area contributed by atoms with E-state index < -0.39 is 0 Å². The topological polar surface area (TPSA) is 66.2 Å². The summed E-state index contributed by atoms with van der Waals surface area (Å²) in [6, 6.07) is 7.56. The standard InChI is InChI=1S/C13H17N3O2/c1-9-8-10-11(15-9)4-3-5-12(10)16-13(17)14-6-7-18-2/h3-5,8,15H,6-7H2,1-2H3,(H2,14,16,17). The second-order valence-corrected chi connectivity index (χ2v) is 4.09. The maximum Gasteiger partial charge on any atom is 0.319 e. The Morgan fingerprint density at radius 1 is 1.44 bits per heavy atom. The molecule has 0 aliphatic rings. The molecule has 5 nitrogen and oxygen atoms in total. The van der Waals surface area contributed by atoms with Gasteiger partial charge in [-0.25, -0.2) is 4.79 Å². The molecule has 0 radical (unpaired) electrons. The highest BCUT2D eigenvalue weighted by Gasteiger charge is 2.06. The number of H-pyrrole nitrogens is 1. The highest BCUT2D eigenvalue weighted by molar-refractivity contribution is 6.00. The Bertz CT molecular complexity index is 548. The van der Waals surface area contributed by atoms with Gasteiger partial charge in [0.25, 0.3) is 0 Å². The number of aryl methyl sites for hydroxylation is 1. The third kappa shape index (κ3) is 2.81. The van der Waals surface area contributed by atoms with Crippen LogP contribution in [0.4, 0.5) is 10.5 Å². The van der Waals surface area contributed by atoms with Gasteiger partial charge in [0.1, 0.15) is 0 Å². The van der Waals surface area contributed by atoms with Crippen LogP contribution in [0.2, 0.25) is 0 Å². The van der Waals surface area contributed by atoms with Crippen LogP contribution in [0.3, 0.4) is 0 Å². The molecule has 1 heterocycles. The summed E-state index contributed by atoms with van der Waals surface area (Å²) in [6.07, 6.45) is 0. The van der Waals surface area contributed by atoms with Crippen LogP contribution >= 0.6 is 0 Å². The number of aromatic amines is 1. The number of amides is 2. The van der Waals surface area contributed by atoms with Gasteiger partial charge in [-0.05, 0) is 25.1 Å². The molecule has 0 saturated heterocycles. The summed E-state index contributed by atoms with van der Waals surface area (Å²) in [6.45, 7) is 2.98. The third-order valence-electron chi connectivity index (χ3n) is 2.64. The molecular weight excluding hydrogens is 230 g/mol. The number of hydrogen-bond acceptors (Lipinski definition) is 2. The number of anilines is 1. The van der Waals surface area contributed by atoms with Gasteiger partial charge in [0.15, 0.2) is 0 Å². The quantitative estimate of drug-likeness (QED) is 0.725. The van der Waals surface area contributed by atoms with Crippen molar-refractivity contribution in [1.29, 1.82) is 0 Å². The van der Waals surface area contributed by atoms with Crippen molar-refractivity contribution in [3.05, 3.63) is 30.0 Å². The van der Waals surface area contributed by atoms with E-state index in [1.54, 1.807) is 7.11 Å². The number of nitrogens with one attached hydrogen (secondary N) is 3. The minimum absolute atomic E-state index is 0.224. The lowest BCUT2D eigenvalue weighted by molar-refractivity contribution is 0.198. The van der Waals surface area contributed by atoms with Gasteiger partial charge in [0.05, 0.1) is 12.3 Å². The Labute approximate surface area is 106 Å². The van der Waals surface area contributed by atoms with Gasteiger partial charge >= 0.3 is 6.03 Å². The van der Waals surface area contributed by atoms with Crippen molar-refractivity contribution in [2.45, 2.75) is 6.92 Å². The van der Waals surface area contributed by atoms with Crippen LogP contribution in [-0.4, -0.2) is 31.3 Å². The molecule has 2 aromatic rings. The van der Waals surface area contributed by atoms with Gasteiger partial charge in [-0.3, -0.25) is 0 Å². The monoisotopic (exact) mass is 247 g/mol. The number of methoxy groups -OCH3 is 1. The van der Waals surface area contributed by atoms with Crippen molar-refractivity contribution >= 4 is 22.6 Å². The number of hydrogen-bond donors (Lipinski definition) is 3. The zero-order valence-corrected chi connectivity index (χ0v) is 10.5. The van der Waals surface area contributed by atoms with Crippen molar-refractivity contribution in [2.24, 2.45) is 0 Å². The number of carbonyl (C=O) groups excluding carboxylic acids is 1. The molecule has 1 aromatic carbocycles. The first-order valence-electron chi connectivity index (χ1n) is 5.83. The van der Waals surface area contributed by atoms with Crippen LogP contribution < -0.4 is 10.6 Å². The second-order valence-electron chi connectivity index (χ2n) is 4.09. The number of rotatable bonds is 4. The lowest BCUT2D eigenvalue weighted by Gasteiger charge is -2.08. The molecule has 0 saturated carbocycles. The number of ether oxygens (including phenoxy) is 1. The maximum absolute atomic E-state index is 11.6. The predicted molar refractivity (Wildman–Crippen MR) is 71.9 cm³/mol. The van der Waals surface area contributed by atoms with Crippen LogP contribution in [0, 0.1) is 6.92 Å². The minimum atomic E-state index is -0.224. The van der Waals surface area contributed by atoms with E-state index in [-0.39, 0.29) is 6.03 Å². The van der Waals surface area contributed by atoms with Crippen LogP contribution in [-0.2, 0) is 4.74 Å². The van der Waals surface area contributed by atoms with E-state index in [1.165, 1.54) is 0 Å². The smallest absolute Gasteiger partial charge is 0.319 e. The van der Waals surface area contributed by atoms with E-state index in [4.69, 9.17) is 4.74 Å². The van der Waals surface area contributed by atoms with Gasteiger partial charge < -0.3 is 20.4 Å². The van der Waals surface area contributed by atoms with Gasteiger partial charge in [0.2, 0.25) is 0 Å². The molecule has 2 amide bonds. The SMILES string of the molecule is COCCNC(=O)Nc1cccc2[nH]c(C)cc12. The molecule has 0 atom stereocenters. The third-order valence-corrected chi connectivity index (χ3v) is 2.64. The van der Waals surface area contributed by atoms with E-state index in [0.717, 1.165) is 22.3 Å². The molecule has 0 fully saturated rings. The van der Waals surface area contributed by atoms with Crippen molar-refractivity contribution in [3.63, 3.8) is 0 Å². The molecule has 0 aliphatic heterocycles. The molecule has 2 rings (SSSR count). The summed E-state index contributed by atoms with van der Waals surface area (Å²) in [7, 11) is 1.60. The molecule has 0 unspecified atom stereocenters. The summed E-state index contributed by atoms with van der Waals surface area (Å²) >= 11 is 0. The Balaban J connectivity index is 2.09. The molecule has 0 spiro atoms. The fraction of sp³-hybridized carbons (Fsp3) is 0.308. The highest BCUT2D eigenvalue weighted by Crippen LogP contribution is 2.23. The Morgan fingerprint density at radius 2 is 2.28 bits per heavy atom. The minimum Gasteiger partial charge on any atom is -0.383 e. The molecule has 1 aromatic heterocycles. The average Bonchev–Trinajstić information content (AvgIpc) is 2.71. The fourth-order valence-corrected chi connectivity index (χ4v) is 1.84. The summed E-state index contributed by atoms with van der Waals surface area (Å²) in [4.78, 5) is 14.9. The zero-order valence-electron chi connectivity index (χ0n) is 10.5. The van der Waals surface area contributed by atoms with Gasteiger partial charge in [-0.15, -0.1) is 0 Å². The number of aromatic nitrogens is 1. The van der Waals surface area contributed by atoms with Crippen molar-refractivity contribution in [1.82, 2.24) is 10.3 Å². The Kier molecular flexibility index (Phi) is 3.84. The Hall–Kier alpha value is -2.01. The summed E-state index contributed by atoms with van der Waals surface area (Å²) in [5, 5.41) is 6.56. The molecular formula is C13H17N3O2. The first kappa shape index (κ1) is 12.4. The molecule has 5 heteroatoms. The van der Waals surface area contributed by atoms with Crippen LogP contribution in [0.1, 0.15) is 5.69 Å². The molecule has 0 bridgehead atoms. The maximum atomic E-state index is 11.6. The number of urea groups is 1. The Morgan fingerprint density at radius 3 is 3.06 bits per heavy atom. The second kappa shape index (κ2) is 5.55. The lowest BCUT2D eigenvalue weighted by atomic mass is 10.2. The van der Waals surface area contributed by atoms with Crippen LogP contribution in [0.25, 0.3) is 10.9 Å². The molecule has 18 heavy (non-hydrogen) atoms. The first-order chi connectivity index (χ1) is 8.70. The van der Waals surface area contributed by atoms with E-state index in [9.17, 15) is 4.79 Å². The molecule has 96 valence electrons. The summed E-state index contributed by atoms with van der Waals surface area (Å²) in [5.41, 5.74) is 2.88. The van der Waals surface area contributed by atoms with E-state index in [2.05, 4.69) is 15.6 Å². The summed E-state index contributed by atoms with van der Waals surface area (Å²) in [5.74, 6) is 0. The van der Waals surface area contributed by atoms with Gasteiger partial charge in [-0.2, -0.15) is 0 Å². The van der Waals surface area contributed by atoms with Crippen molar-refractivity contribution in [2.75, 3.05) is 25.6 Å². The van der Waals surface area contributed by atoms with Gasteiger partial charge in [-0.1, -0.05) is 6.07 Å². The summed E-state index contributed by atoms with van der Waals surface area (Å²) < 4.78 is 4.87. The van der Waals surface area contributed by atoms with Crippen molar-refractivity contribution < 1.29 is 9.53 Å². The fourth-order valence-electron chi connectivity index (χ4n) is 1.84. The van der Waals surface area contributed by atoms with E-state index in [1.807, 2.05) is 31.2 Å². The predicted octanol–water partition coefficient (Wildman–Crippen LogP) is 2.24. The average molecular weight is 247 g/mol. The van der Waals surface area contributed by atoms with Crippen LogP contribution in [0.15, 0.2) is 24.3 Å². The number of fused-ring (bicyclic) bond motifs is 1. The van der Waals surface area contributed by atoms with Crippen molar-refractivity contribution in [3.8, 4) is 0 Å². The molecule has 0 aliphatic carbocycles. The van der Waals surface area contributed by atoms with Crippen LogP contribution in [0.5, 0.6) is 0 Å². The first-order valence-corrected chi connectivity index (χ1v) is 5.83. The number of benzene rings is 1. The number of carbonyl (C=O) groups is 1. The zero-order chi connectivity index (χ0) is 13.0. The molecule has 3 N–H and O–H groups in total. The lowest BCUT2D eigenvalue weighted by Crippen LogP contribution is -2.31. The normalized spacial score (nSPS) is 10.6.